The van der Waals surface area contributed by atoms with Crippen molar-refractivity contribution < 1.29 is 22.7 Å². The fourth-order valence-corrected chi connectivity index (χ4v) is 5.04. The average molecular weight is 417 g/mol. The van der Waals surface area contributed by atoms with Crippen molar-refractivity contribution >= 4 is 21.9 Å². The number of benzene rings is 1. The van der Waals surface area contributed by atoms with Crippen LogP contribution in [0.15, 0.2) is 41.3 Å². The van der Waals surface area contributed by atoms with Crippen LogP contribution in [0.4, 0.5) is 0 Å². The van der Waals surface area contributed by atoms with Crippen molar-refractivity contribution in [2.45, 2.75) is 24.2 Å². The number of carbonyl (C=O) groups is 2. The smallest absolute Gasteiger partial charge is 0.306 e. The van der Waals surface area contributed by atoms with Gasteiger partial charge in [-0.2, -0.15) is 9.57 Å². The molecule has 0 N–H and O–H groups in total. The molecule has 0 bridgehead atoms. The van der Waals surface area contributed by atoms with E-state index >= 15 is 0 Å². The first-order valence-corrected chi connectivity index (χ1v) is 10.9. The summed E-state index contributed by atoms with van der Waals surface area (Å²) in [5, 5.41) is 9.16. The third-order valence-electron chi connectivity index (χ3n) is 5.11. The Morgan fingerprint density at radius 2 is 1.90 bits per heavy atom. The number of piperazine rings is 1. The van der Waals surface area contributed by atoms with Crippen LogP contribution in [0.1, 0.15) is 24.8 Å². The van der Waals surface area contributed by atoms with E-state index in [0.29, 0.717) is 0 Å². The van der Waals surface area contributed by atoms with E-state index in [-0.39, 0.29) is 61.5 Å². The summed E-state index contributed by atoms with van der Waals surface area (Å²) in [6.07, 6.45) is 6.18. The van der Waals surface area contributed by atoms with Crippen molar-refractivity contribution in [1.82, 2.24) is 9.21 Å². The van der Waals surface area contributed by atoms with E-state index in [1.165, 1.54) is 21.3 Å². The molecule has 0 spiro atoms. The van der Waals surface area contributed by atoms with Crippen LogP contribution in [0.2, 0.25) is 0 Å². The number of allylic oxidation sites excluding steroid dienone is 2. The predicted molar refractivity (Wildman–Crippen MR) is 104 cm³/mol. The minimum absolute atomic E-state index is 0.0304. The highest BCUT2D eigenvalue weighted by atomic mass is 32.2. The highest BCUT2D eigenvalue weighted by Crippen LogP contribution is 2.22. The summed E-state index contributed by atoms with van der Waals surface area (Å²) in [5.74, 6) is -0.554. The summed E-state index contributed by atoms with van der Waals surface area (Å²) in [6, 6.07) is 7.95. The van der Waals surface area contributed by atoms with Crippen LogP contribution in [-0.4, -0.2) is 62.3 Å². The van der Waals surface area contributed by atoms with Gasteiger partial charge in [0, 0.05) is 26.2 Å². The number of carbonyl (C=O) groups excluding carboxylic acids is 2. The summed E-state index contributed by atoms with van der Waals surface area (Å²) in [6.45, 7) is 0.313. The molecule has 9 heteroatoms. The lowest BCUT2D eigenvalue weighted by Gasteiger charge is -2.34. The molecule has 0 unspecified atom stereocenters. The van der Waals surface area contributed by atoms with Gasteiger partial charge >= 0.3 is 5.97 Å². The molecule has 8 nitrogen and oxygen atoms in total. The molecule has 1 fully saturated rings. The normalized spacial score (nSPS) is 19.7. The van der Waals surface area contributed by atoms with Gasteiger partial charge in [-0.05, 0) is 30.9 Å². The van der Waals surface area contributed by atoms with Crippen molar-refractivity contribution in [2.75, 3.05) is 32.8 Å². The molecular formula is C20H23N3O5S. The Labute approximate surface area is 170 Å². The van der Waals surface area contributed by atoms with E-state index in [4.69, 9.17) is 10.00 Å². The Kier molecular flexibility index (Phi) is 6.67. The molecule has 29 heavy (non-hydrogen) atoms. The van der Waals surface area contributed by atoms with Crippen molar-refractivity contribution in [3.63, 3.8) is 0 Å². The van der Waals surface area contributed by atoms with E-state index in [1.807, 2.05) is 18.2 Å². The molecule has 1 aromatic carbocycles. The Bertz CT molecular complexity index is 943. The molecule has 1 aliphatic carbocycles. The fourth-order valence-electron chi connectivity index (χ4n) is 3.47. The number of hydrogen-bond acceptors (Lipinski definition) is 6. The standard InChI is InChI=1S/C20H23N3O5S/c21-14-17-7-3-4-8-18(17)29(26,27)23-11-9-22(10-12-23)19(24)15-28-20(25)13-16-5-1-2-6-16/h1,3-5,7-8,16H,2,6,9-13,15H2/t16-/m0/s1. The predicted octanol–water partition coefficient (Wildman–Crippen LogP) is 1.29. The lowest BCUT2D eigenvalue weighted by molar-refractivity contribution is -0.153. The molecular weight excluding hydrogens is 394 g/mol. The van der Waals surface area contributed by atoms with E-state index < -0.39 is 16.0 Å². The number of amides is 1. The van der Waals surface area contributed by atoms with Crippen molar-refractivity contribution in [1.29, 1.82) is 5.26 Å². The summed E-state index contributed by atoms with van der Waals surface area (Å²) >= 11 is 0. The molecule has 2 aliphatic rings. The van der Waals surface area contributed by atoms with Crippen LogP contribution < -0.4 is 0 Å². The van der Waals surface area contributed by atoms with E-state index in [2.05, 4.69) is 0 Å². The Morgan fingerprint density at radius 3 is 2.55 bits per heavy atom. The van der Waals surface area contributed by atoms with Crippen LogP contribution in [-0.2, 0) is 24.3 Å². The van der Waals surface area contributed by atoms with Gasteiger partial charge in [-0.1, -0.05) is 24.3 Å². The van der Waals surface area contributed by atoms with Crippen LogP contribution in [0.25, 0.3) is 0 Å². The van der Waals surface area contributed by atoms with Crippen LogP contribution >= 0.6 is 0 Å². The lowest BCUT2D eigenvalue weighted by Crippen LogP contribution is -2.51. The Hall–Kier alpha value is -2.70. The minimum Gasteiger partial charge on any atom is -0.456 e. The summed E-state index contributed by atoms with van der Waals surface area (Å²) in [7, 11) is -3.81. The molecule has 3 rings (SSSR count). The number of esters is 1. The third-order valence-corrected chi connectivity index (χ3v) is 7.07. The SMILES string of the molecule is N#Cc1ccccc1S(=O)(=O)N1CCN(C(=O)COC(=O)C[C@H]2C=CCC2)CC1. The maximum atomic E-state index is 12.8. The lowest BCUT2D eigenvalue weighted by atomic mass is 10.1. The quantitative estimate of drug-likeness (QED) is 0.510. The number of ether oxygens (including phenoxy) is 1. The Balaban J connectivity index is 1.50. The number of nitriles is 1. The van der Waals surface area contributed by atoms with Gasteiger partial charge in [0.1, 0.15) is 6.07 Å². The number of nitrogens with zero attached hydrogens (tertiary/aromatic N) is 3. The van der Waals surface area contributed by atoms with Crippen LogP contribution in [0.3, 0.4) is 0 Å². The van der Waals surface area contributed by atoms with Gasteiger partial charge < -0.3 is 9.64 Å². The second kappa shape index (κ2) is 9.20. The summed E-state index contributed by atoms with van der Waals surface area (Å²) in [4.78, 5) is 25.6. The summed E-state index contributed by atoms with van der Waals surface area (Å²) in [5.41, 5.74) is 0.0926. The highest BCUT2D eigenvalue weighted by Gasteiger charge is 2.31. The average Bonchev–Trinajstić information content (AvgIpc) is 3.25. The van der Waals surface area contributed by atoms with Crippen LogP contribution in [0, 0.1) is 17.2 Å². The molecule has 0 saturated carbocycles. The van der Waals surface area contributed by atoms with Gasteiger partial charge in [0.15, 0.2) is 6.61 Å². The van der Waals surface area contributed by atoms with E-state index in [9.17, 15) is 18.0 Å². The molecule has 0 aromatic heterocycles. The topological polar surface area (TPSA) is 108 Å². The van der Waals surface area contributed by atoms with Crippen molar-refractivity contribution in [2.24, 2.45) is 5.92 Å². The largest absolute Gasteiger partial charge is 0.456 e. The molecule has 154 valence electrons. The van der Waals surface area contributed by atoms with Gasteiger partial charge in [-0.15, -0.1) is 0 Å². The summed E-state index contributed by atoms with van der Waals surface area (Å²) < 4.78 is 32.0. The molecule has 1 saturated heterocycles. The zero-order valence-corrected chi connectivity index (χ0v) is 16.8. The third kappa shape index (κ3) is 5.02. The molecule has 1 amide bonds. The van der Waals surface area contributed by atoms with Crippen molar-refractivity contribution in [3.05, 3.63) is 42.0 Å². The minimum atomic E-state index is -3.81. The zero-order valence-electron chi connectivity index (χ0n) is 16.0. The van der Waals surface area contributed by atoms with Gasteiger partial charge in [0.05, 0.1) is 16.9 Å². The first-order chi connectivity index (χ1) is 13.9. The van der Waals surface area contributed by atoms with Gasteiger partial charge in [-0.25, -0.2) is 8.42 Å². The van der Waals surface area contributed by atoms with Crippen molar-refractivity contribution in [3.8, 4) is 6.07 Å². The zero-order chi connectivity index (χ0) is 20.9. The van der Waals surface area contributed by atoms with E-state index in [1.54, 1.807) is 12.1 Å². The monoisotopic (exact) mass is 417 g/mol. The number of hydrogen-bond donors (Lipinski definition) is 0. The number of rotatable bonds is 6. The maximum Gasteiger partial charge on any atom is 0.306 e. The molecule has 1 atom stereocenters. The van der Waals surface area contributed by atoms with Gasteiger partial charge in [-0.3, -0.25) is 9.59 Å². The number of sulfonamides is 1. The second-order valence-electron chi connectivity index (χ2n) is 7.02. The van der Waals surface area contributed by atoms with Crippen LogP contribution in [0.5, 0.6) is 0 Å². The molecule has 0 radical (unpaired) electrons. The fraction of sp³-hybridized carbons (Fsp3) is 0.450. The first kappa shape index (κ1) is 21.0. The molecule has 1 aliphatic heterocycles. The molecule has 1 aromatic rings. The first-order valence-electron chi connectivity index (χ1n) is 9.51. The van der Waals surface area contributed by atoms with Gasteiger partial charge in [0.2, 0.25) is 10.0 Å². The van der Waals surface area contributed by atoms with Gasteiger partial charge in [0.25, 0.3) is 5.91 Å². The second-order valence-corrected chi connectivity index (χ2v) is 8.93. The molecule has 1 heterocycles. The van der Waals surface area contributed by atoms with E-state index in [0.717, 1.165) is 12.8 Å². The Morgan fingerprint density at radius 1 is 1.17 bits per heavy atom. The maximum absolute atomic E-state index is 12.8. The highest BCUT2D eigenvalue weighted by molar-refractivity contribution is 7.89.